The summed E-state index contributed by atoms with van der Waals surface area (Å²) >= 11 is 8.22. The van der Waals surface area contributed by atoms with Crippen LogP contribution in [0.25, 0.3) is 10.2 Å². The van der Waals surface area contributed by atoms with Crippen LogP contribution < -0.4 is 0 Å². The number of hydrogen-bond donors (Lipinski definition) is 0. The van der Waals surface area contributed by atoms with Gasteiger partial charge in [-0.25, -0.2) is 4.98 Å². The van der Waals surface area contributed by atoms with Crippen molar-refractivity contribution in [1.29, 1.82) is 0 Å². The lowest BCUT2D eigenvalue weighted by Crippen LogP contribution is -2.32. The van der Waals surface area contributed by atoms with Gasteiger partial charge in [-0.1, -0.05) is 23.7 Å². The van der Waals surface area contributed by atoms with Gasteiger partial charge in [0.1, 0.15) is 5.15 Å². The Bertz CT molecular complexity index is 828. The maximum Gasteiger partial charge on any atom is 0.131 e. The summed E-state index contributed by atoms with van der Waals surface area (Å²) in [5, 5.41) is 6.47. The summed E-state index contributed by atoms with van der Waals surface area (Å²) in [5.74, 6) is 0.587. The average Bonchev–Trinajstić information content (AvgIpc) is 3.12. The van der Waals surface area contributed by atoms with Gasteiger partial charge in [0, 0.05) is 25.1 Å². The van der Waals surface area contributed by atoms with Gasteiger partial charge in [-0.15, -0.1) is 11.3 Å². The van der Waals surface area contributed by atoms with Gasteiger partial charge in [0.25, 0.3) is 0 Å². The van der Waals surface area contributed by atoms with Crippen LogP contribution in [0.15, 0.2) is 24.3 Å². The third kappa shape index (κ3) is 2.96. The summed E-state index contributed by atoms with van der Waals surface area (Å²) in [5.41, 5.74) is 3.34. The lowest BCUT2D eigenvalue weighted by molar-refractivity contribution is 0.204. The Labute approximate surface area is 151 Å². The molecule has 0 N–H and O–H groups in total. The van der Waals surface area contributed by atoms with Crippen molar-refractivity contribution in [2.75, 3.05) is 13.1 Å². The molecule has 0 saturated carbocycles. The predicted octanol–water partition coefficient (Wildman–Crippen LogP) is 4.37. The molecule has 2 aromatic heterocycles. The Morgan fingerprint density at radius 2 is 2.00 bits per heavy atom. The van der Waals surface area contributed by atoms with E-state index in [-0.39, 0.29) is 0 Å². The highest BCUT2D eigenvalue weighted by molar-refractivity contribution is 7.18. The highest BCUT2D eigenvalue weighted by atomic mass is 35.5. The zero-order chi connectivity index (χ0) is 16.7. The number of para-hydroxylation sites is 1. The van der Waals surface area contributed by atoms with E-state index in [2.05, 4.69) is 34.3 Å². The Hall–Kier alpha value is -1.43. The Balaban J connectivity index is 1.43. The smallest absolute Gasteiger partial charge is 0.131 e. The maximum atomic E-state index is 6.37. The first-order valence-electron chi connectivity index (χ1n) is 8.37. The van der Waals surface area contributed by atoms with E-state index >= 15 is 0 Å². The Morgan fingerprint density at radius 1 is 1.25 bits per heavy atom. The van der Waals surface area contributed by atoms with Crippen LogP contribution in [0.2, 0.25) is 5.15 Å². The molecule has 126 valence electrons. The van der Waals surface area contributed by atoms with Crippen LogP contribution in [0.4, 0.5) is 0 Å². The molecular weight excluding hydrogens is 340 g/mol. The predicted molar refractivity (Wildman–Crippen MR) is 99.8 cm³/mol. The first kappa shape index (κ1) is 16.1. The van der Waals surface area contributed by atoms with Crippen molar-refractivity contribution in [3.8, 4) is 0 Å². The number of rotatable bonds is 3. The van der Waals surface area contributed by atoms with Crippen molar-refractivity contribution in [3.05, 3.63) is 45.7 Å². The van der Waals surface area contributed by atoms with Gasteiger partial charge in [0.15, 0.2) is 0 Å². The van der Waals surface area contributed by atoms with Crippen LogP contribution in [-0.2, 0) is 13.6 Å². The van der Waals surface area contributed by atoms with Crippen LogP contribution in [-0.4, -0.2) is 32.8 Å². The number of fused-ring (bicyclic) bond motifs is 1. The number of likely N-dealkylation sites (tertiary alicyclic amines) is 1. The molecule has 0 bridgehead atoms. The molecule has 0 aliphatic carbocycles. The molecule has 4 rings (SSSR count). The van der Waals surface area contributed by atoms with Gasteiger partial charge < -0.3 is 0 Å². The minimum atomic E-state index is 0.587. The molecule has 0 atom stereocenters. The number of nitrogens with zero attached hydrogens (tertiary/aromatic N) is 4. The topological polar surface area (TPSA) is 34.0 Å². The zero-order valence-electron chi connectivity index (χ0n) is 14.0. The molecule has 1 aliphatic rings. The SMILES string of the molecule is Cc1nn(C)c(Cl)c1CN1CCC(c2nc3ccccc3s2)CC1. The van der Waals surface area contributed by atoms with Crippen LogP contribution in [0.1, 0.15) is 35.0 Å². The van der Waals surface area contributed by atoms with Gasteiger partial charge in [-0.05, 0) is 45.0 Å². The number of benzene rings is 1. The minimum Gasteiger partial charge on any atom is -0.299 e. The molecule has 0 spiro atoms. The molecule has 4 nitrogen and oxygen atoms in total. The molecule has 0 unspecified atom stereocenters. The van der Waals surface area contributed by atoms with Crippen molar-refractivity contribution in [3.63, 3.8) is 0 Å². The fourth-order valence-electron chi connectivity index (χ4n) is 3.48. The quantitative estimate of drug-likeness (QED) is 0.695. The first-order valence-corrected chi connectivity index (χ1v) is 9.57. The second-order valence-corrected chi connectivity index (χ2v) is 7.97. The van der Waals surface area contributed by atoms with Crippen LogP contribution >= 0.6 is 22.9 Å². The lowest BCUT2D eigenvalue weighted by atomic mass is 9.97. The standard InChI is InChI=1S/C18H21ClN4S/c1-12-14(17(19)22(2)21-12)11-23-9-7-13(8-10-23)18-20-15-5-3-4-6-16(15)24-18/h3-6,13H,7-11H2,1-2H3. The summed E-state index contributed by atoms with van der Waals surface area (Å²) < 4.78 is 3.06. The minimum absolute atomic E-state index is 0.587. The van der Waals surface area contributed by atoms with Crippen molar-refractivity contribution in [2.24, 2.45) is 7.05 Å². The molecule has 6 heteroatoms. The zero-order valence-corrected chi connectivity index (χ0v) is 15.6. The number of aryl methyl sites for hydroxylation is 2. The van der Waals surface area contributed by atoms with E-state index in [4.69, 9.17) is 16.6 Å². The van der Waals surface area contributed by atoms with Crippen molar-refractivity contribution in [1.82, 2.24) is 19.7 Å². The van der Waals surface area contributed by atoms with Crippen LogP contribution in [0.5, 0.6) is 0 Å². The Morgan fingerprint density at radius 3 is 2.67 bits per heavy atom. The van der Waals surface area contributed by atoms with Gasteiger partial charge >= 0.3 is 0 Å². The fraction of sp³-hybridized carbons (Fsp3) is 0.444. The van der Waals surface area contributed by atoms with Gasteiger partial charge in [0.05, 0.1) is 20.9 Å². The van der Waals surface area contributed by atoms with Crippen molar-refractivity contribution >= 4 is 33.2 Å². The molecule has 1 fully saturated rings. The second-order valence-electron chi connectivity index (χ2n) is 6.55. The van der Waals surface area contributed by atoms with E-state index in [1.54, 1.807) is 4.68 Å². The van der Waals surface area contributed by atoms with Gasteiger partial charge in [0.2, 0.25) is 0 Å². The second kappa shape index (κ2) is 6.47. The molecule has 0 radical (unpaired) electrons. The lowest BCUT2D eigenvalue weighted by Gasteiger charge is -2.31. The van der Waals surface area contributed by atoms with E-state index in [0.717, 1.165) is 54.4 Å². The molecule has 3 aromatic rings. The molecular formula is C18H21ClN4S. The maximum absolute atomic E-state index is 6.37. The number of hydrogen-bond acceptors (Lipinski definition) is 4. The van der Waals surface area contributed by atoms with Crippen LogP contribution in [0.3, 0.4) is 0 Å². The van der Waals surface area contributed by atoms with E-state index in [9.17, 15) is 0 Å². The van der Waals surface area contributed by atoms with Crippen molar-refractivity contribution < 1.29 is 0 Å². The summed E-state index contributed by atoms with van der Waals surface area (Å²) in [6.45, 7) is 5.11. The largest absolute Gasteiger partial charge is 0.299 e. The summed E-state index contributed by atoms with van der Waals surface area (Å²) in [6.07, 6.45) is 2.33. The highest BCUT2D eigenvalue weighted by Crippen LogP contribution is 2.34. The number of aromatic nitrogens is 3. The molecule has 1 saturated heterocycles. The summed E-state index contributed by atoms with van der Waals surface area (Å²) in [4.78, 5) is 7.33. The summed E-state index contributed by atoms with van der Waals surface area (Å²) in [7, 11) is 1.90. The molecule has 0 amide bonds. The third-order valence-corrected chi connectivity index (χ3v) is 6.57. The molecule has 1 aliphatic heterocycles. The van der Waals surface area contributed by atoms with Crippen molar-refractivity contribution in [2.45, 2.75) is 32.2 Å². The molecule has 24 heavy (non-hydrogen) atoms. The average molecular weight is 361 g/mol. The number of thiazole rings is 1. The Kier molecular flexibility index (Phi) is 4.33. The van der Waals surface area contributed by atoms with E-state index in [1.807, 2.05) is 25.3 Å². The monoisotopic (exact) mass is 360 g/mol. The third-order valence-electron chi connectivity index (χ3n) is 4.90. The van der Waals surface area contributed by atoms with Gasteiger partial charge in [-0.2, -0.15) is 5.10 Å². The van der Waals surface area contributed by atoms with E-state index < -0.39 is 0 Å². The first-order chi connectivity index (χ1) is 11.6. The number of piperidine rings is 1. The summed E-state index contributed by atoms with van der Waals surface area (Å²) in [6, 6.07) is 8.43. The number of halogens is 1. The van der Waals surface area contributed by atoms with E-state index in [1.165, 1.54) is 9.71 Å². The van der Waals surface area contributed by atoms with E-state index in [0.29, 0.717) is 5.92 Å². The fourth-order valence-corrected chi connectivity index (χ4v) is 4.85. The van der Waals surface area contributed by atoms with Gasteiger partial charge in [-0.3, -0.25) is 9.58 Å². The normalized spacial score (nSPS) is 17.0. The van der Waals surface area contributed by atoms with Crippen LogP contribution in [0, 0.1) is 6.92 Å². The molecule has 3 heterocycles. The highest BCUT2D eigenvalue weighted by Gasteiger charge is 2.24. The molecule has 1 aromatic carbocycles.